The number of carbonyl (C=O) groups is 2. The third-order valence-electron chi connectivity index (χ3n) is 5.92. The molecule has 7 nitrogen and oxygen atoms in total. The molecule has 2 aromatic rings. The number of fused-ring (bicyclic) bond motifs is 1. The number of benzene rings is 2. The first-order chi connectivity index (χ1) is 15.4. The van der Waals surface area contributed by atoms with Gasteiger partial charge in [0.1, 0.15) is 24.1 Å². The Labute approximate surface area is 193 Å². The van der Waals surface area contributed by atoms with Gasteiger partial charge in [-0.2, -0.15) is 5.09 Å². The number of hydrogen-bond acceptors (Lipinski definition) is 7. The zero-order valence-corrected chi connectivity index (χ0v) is 20.3. The third-order valence-corrected chi connectivity index (χ3v) is 9.93. The molecule has 2 saturated heterocycles. The molecule has 0 bridgehead atoms. The van der Waals surface area contributed by atoms with Gasteiger partial charge in [-0.1, -0.05) is 36.4 Å². The van der Waals surface area contributed by atoms with E-state index >= 15 is 0 Å². The fourth-order valence-corrected chi connectivity index (χ4v) is 8.54. The van der Waals surface area contributed by atoms with Crippen LogP contribution in [0.5, 0.6) is 0 Å². The smallest absolute Gasteiger partial charge is 0.363 e. The number of carbonyl (C=O) groups excluding carboxylic acids is 2. The summed E-state index contributed by atoms with van der Waals surface area (Å²) in [5.74, 6) is -0.788. The average molecular weight is 476 g/mol. The Morgan fingerprint density at radius 3 is 2.12 bits per heavy atom. The molecule has 0 aliphatic carbocycles. The van der Waals surface area contributed by atoms with Crippen molar-refractivity contribution in [3.8, 4) is 0 Å². The van der Waals surface area contributed by atoms with Crippen LogP contribution < -0.4 is 15.7 Å². The van der Waals surface area contributed by atoms with Crippen LogP contribution in [0.25, 0.3) is 0 Å². The molecule has 1 amide bonds. The largest absolute Gasteiger partial charge is 0.435 e. The number of thioether (sulfide) groups is 1. The number of methoxy groups -OCH3 is 2. The molecular weight excluding hydrogens is 447 g/mol. The highest BCUT2D eigenvalue weighted by Crippen LogP contribution is 2.58. The van der Waals surface area contributed by atoms with E-state index in [1.165, 1.54) is 19.1 Å². The number of β-lactam (4-membered cyclic amide) rings is 1. The highest BCUT2D eigenvalue weighted by molar-refractivity contribution is 8.01. The molecule has 9 heteroatoms. The van der Waals surface area contributed by atoms with Gasteiger partial charge >= 0.3 is 5.97 Å². The number of esters is 1. The molecule has 0 radical (unpaired) electrons. The van der Waals surface area contributed by atoms with Crippen molar-refractivity contribution < 1.29 is 23.8 Å². The van der Waals surface area contributed by atoms with Crippen LogP contribution in [0.15, 0.2) is 60.7 Å². The summed E-state index contributed by atoms with van der Waals surface area (Å²) in [5.41, 5.74) is -1.51. The first-order valence-corrected chi connectivity index (χ1v) is 12.7. The van der Waals surface area contributed by atoms with E-state index in [0.29, 0.717) is 0 Å². The Morgan fingerprint density at radius 2 is 1.62 bits per heavy atom. The molecule has 0 saturated carbocycles. The van der Waals surface area contributed by atoms with Gasteiger partial charge in [0.15, 0.2) is 12.8 Å². The summed E-state index contributed by atoms with van der Waals surface area (Å²) >= 11 is 1.55. The van der Waals surface area contributed by atoms with E-state index in [1.54, 1.807) is 11.8 Å². The van der Waals surface area contributed by atoms with Gasteiger partial charge in [-0.05, 0) is 38.1 Å². The van der Waals surface area contributed by atoms with Crippen LogP contribution in [0.2, 0.25) is 0 Å². The van der Waals surface area contributed by atoms with E-state index in [0.717, 1.165) is 10.6 Å². The lowest BCUT2D eigenvalue weighted by molar-refractivity contribution is -0.221. The van der Waals surface area contributed by atoms with Gasteiger partial charge in [-0.15, -0.1) is 11.8 Å². The molecule has 0 aromatic heterocycles. The van der Waals surface area contributed by atoms with Crippen molar-refractivity contribution in [2.24, 2.45) is 0 Å². The lowest BCUT2D eigenvalue weighted by Crippen LogP contribution is -2.75. The van der Waals surface area contributed by atoms with Gasteiger partial charge in [0.05, 0.1) is 4.75 Å². The van der Waals surface area contributed by atoms with Crippen LogP contribution in [0.3, 0.4) is 0 Å². The first-order valence-electron chi connectivity index (χ1n) is 10.3. The Morgan fingerprint density at radius 1 is 1.06 bits per heavy atom. The van der Waals surface area contributed by atoms with Crippen LogP contribution in [0.1, 0.15) is 13.8 Å². The zero-order chi connectivity index (χ0) is 22.9. The number of rotatable bonds is 8. The second-order valence-electron chi connectivity index (χ2n) is 8.14. The van der Waals surface area contributed by atoms with Gasteiger partial charge in [-0.3, -0.25) is 9.69 Å². The molecule has 0 unspecified atom stereocenters. The van der Waals surface area contributed by atoms with Crippen LogP contribution in [0.4, 0.5) is 0 Å². The molecule has 0 spiro atoms. The normalized spacial score (nSPS) is 26.0. The van der Waals surface area contributed by atoms with Crippen molar-refractivity contribution in [2.45, 2.75) is 35.7 Å². The number of nitrogens with one attached hydrogen (secondary N) is 1. The van der Waals surface area contributed by atoms with E-state index in [-0.39, 0.29) is 18.1 Å². The Kier molecular flexibility index (Phi) is 6.61. The fourth-order valence-electron chi connectivity index (χ4n) is 4.40. The molecule has 4 rings (SSSR count). The van der Waals surface area contributed by atoms with Crippen molar-refractivity contribution in [1.82, 2.24) is 9.99 Å². The number of hydrogen-bond donors (Lipinski definition) is 1. The molecule has 2 aliphatic rings. The maximum absolute atomic E-state index is 13.4. The van der Waals surface area contributed by atoms with Gasteiger partial charge < -0.3 is 14.2 Å². The van der Waals surface area contributed by atoms with Crippen molar-refractivity contribution in [1.29, 1.82) is 0 Å². The highest BCUT2D eigenvalue weighted by Gasteiger charge is 2.75. The SMILES string of the molecule is COCOC(=O)[C@]1(OC)N2C(=O)[C@H](N[PH+](c3ccccc3)c3ccccc3)[C@H]2SC1(C)C. The number of nitrogens with zero attached hydrogens (tertiary/aromatic N) is 1. The minimum atomic E-state index is -1.51. The number of ether oxygens (including phenoxy) is 3. The van der Waals surface area contributed by atoms with E-state index in [4.69, 9.17) is 14.2 Å². The predicted molar refractivity (Wildman–Crippen MR) is 127 cm³/mol. The average Bonchev–Trinajstić information content (AvgIpc) is 3.03. The summed E-state index contributed by atoms with van der Waals surface area (Å²) in [4.78, 5) is 28.0. The quantitative estimate of drug-likeness (QED) is 0.271. The van der Waals surface area contributed by atoms with Crippen molar-refractivity contribution in [3.05, 3.63) is 60.7 Å². The summed E-state index contributed by atoms with van der Waals surface area (Å²) in [5, 5.41) is 5.72. The summed E-state index contributed by atoms with van der Waals surface area (Å²) in [7, 11) is 1.45. The molecule has 2 fully saturated rings. The van der Waals surface area contributed by atoms with Crippen molar-refractivity contribution >= 4 is 42.3 Å². The summed E-state index contributed by atoms with van der Waals surface area (Å²) in [6.07, 6.45) is 0. The molecule has 2 aromatic carbocycles. The van der Waals surface area contributed by atoms with E-state index in [9.17, 15) is 9.59 Å². The monoisotopic (exact) mass is 475 g/mol. The van der Waals surface area contributed by atoms with Crippen molar-refractivity contribution in [3.63, 3.8) is 0 Å². The fraction of sp³-hybridized carbons (Fsp3) is 0.391. The molecule has 3 atom stereocenters. The predicted octanol–water partition coefficient (Wildman–Crippen LogP) is 1.91. The van der Waals surface area contributed by atoms with E-state index in [1.807, 2.05) is 50.2 Å². The van der Waals surface area contributed by atoms with Crippen LogP contribution in [-0.4, -0.2) is 59.7 Å². The minimum absolute atomic E-state index is 0.168. The van der Waals surface area contributed by atoms with Gasteiger partial charge in [-0.25, -0.2) is 4.79 Å². The lowest BCUT2D eigenvalue weighted by atomic mass is 9.92. The third kappa shape index (κ3) is 3.64. The van der Waals surface area contributed by atoms with Gasteiger partial charge in [0.2, 0.25) is 5.91 Å². The zero-order valence-electron chi connectivity index (χ0n) is 18.5. The molecule has 170 valence electrons. The van der Waals surface area contributed by atoms with Crippen LogP contribution in [0, 0.1) is 0 Å². The summed E-state index contributed by atoms with van der Waals surface area (Å²) in [6.45, 7) is 3.60. The Bertz CT molecular complexity index is 937. The van der Waals surface area contributed by atoms with Crippen molar-refractivity contribution in [2.75, 3.05) is 21.0 Å². The van der Waals surface area contributed by atoms with Gasteiger partial charge in [0, 0.05) is 14.2 Å². The second kappa shape index (κ2) is 9.12. The number of amides is 1. The maximum atomic E-state index is 13.4. The summed E-state index contributed by atoms with van der Waals surface area (Å²) in [6, 6.07) is 19.9. The molecule has 1 N–H and O–H groups in total. The highest BCUT2D eigenvalue weighted by atomic mass is 32.2. The Hall–Kier alpha value is -1.96. The minimum Gasteiger partial charge on any atom is -0.435 e. The topological polar surface area (TPSA) is 77.1 Å². The Balaban J connectivity index is 1.63. The lowest BCUT2D eigenvalue weighted by Gasteiger charge is -2.48. The van der Waals surface area contributed by atoms with E-state index < -0.39 is 30.6 Å². The van der Waals surface area contributed by atoms with E-state index in [2.05, 4.69) is 29.4 Å². The summed E-state index contributed by atoms with van der Waals surface area (Å²) < 4.78 is 15.2. The molecule has 32 heavy (non-hydrogen) atoms. The molecular formula is C23H28N2O5PS+. The standard InChI is InChI=1S/C23H27N2O5PS/c1-22(2)23(29-4,21(27)30-15-28-3)25-19(26)18(20(25)32-22)24-31(16-11-7-5-8-12-16)17-13-9-6-10-14-17/h5-14,18,20,24H,15H2,1-4H3/p+1/t18-,20+,23+/m0/s1. The molecule has 2 aliphatic heterocycles. The van der Waals surface area contributed by atoms with Crippen LogP contribution in [-0.2, 0) is 23.8 Å². The molecule has 2 heterocycles. The van der Waals surface area contributed by atoms with Crippen LogP contribution >= 0.6 is 19.8 Å². The maximum Gasteiger partial charge on any atom is 0.363 e. The van der Waals surface area contributed by atoms with Gasteiger partial charge in [0.25, 0.3) is 5.72 Å². The second-order valence-corrected chi connectivity index (χ2v) is 12.1. The first kappa shape index (κ1) is 23.2.